The van der Waals surface area contributed by atoms with Gasteiger partial charge in [0.2, 0.25) is 0 Å². The fraction of sp³-hybridized carbons (Fsp3) is 0.375. The predicted molar refractivity (Wildman–Crippen MR) is 91.4 cm³/mol. The van der Waals surface area contributed by atoms with Gasteiger partial charge in [0.05, 0.1) is 5.75 Å². The number of thioether (sulfide) groups is 1. The average Bonchev–Trinajstić information content (AvgIpc) is 2.44. The van der Waals surface area contributed by atoms with Crippen LogP contribution in [0.15, 0.2) is 29.2 Å². The maximum atomic E-state index is 6.00. The van der Waals surface area contributed by atoms with Crippen molar-refractivity contribution < 1.29 is 0 Å². The molecule has 1 aromatic heterocycles. The highest BCUT2D eigenvalue weighted by molar-refractivity contribution is 7.98. The van der Waals surface area contributed by atoms with Crippen molar-refractivity contribution in [3.63, 3.8) is 0 Å². The molecule has 0 aliphatic heterocycles. The zero-order valence-electron chi connectivity index (χ0n) is 12.8. The topological polar surface area (TPSA) is 37.8 Å². The lowest BCUT2D eigenvalue weighted by Crippen LogP contribution is -2.08. The second-order valence-corrected chi connectivity index (χ2v) is 6.62. The number of anilines is 1. The van der Waals surface area contributed by atoms with Crippen LogP contribution in [-0.2, 0) is 5.75 Å². The summed E-state index contributed by atoms with van der Waals surface area (Å²) in [5.41, 5.74) is 2.24. The third-order valence-corrected chi connectivity index (χ3v) is 4.39. The van der Waals surface area contributed by atoms with Crippen molar-refractivity contribution in [1.29, 1.82) is 0 Å². The molecule has 1 aromatic carbocycles. The molecule has 1 N–H and O–H groups in total. The van der Waals surface area contributed by atoms with Gasteiger partial charge in [-0.3, -0.25) is 0 Å². The Balaban J connectivity index is 2.19. The summed E-state index contributed by atoms with van der Waals surface area (Å²) in [6.07, 6.45) is 0. The minimum Gasteiger partial charge on any atom is -0.373 e. The van der Waals surface area contributed by atoms with Gasteiger partial charge in [0.15, 0.2) is 0 Å². The van der Waals surface area contributed by atoms with Crippen molar-refractivity contribution in [3.8, 4) is 0 Å². The summed E-state index contributed by atoms with van der Waals surface area (Å²) in [7, 11) is 1.90. The molecular formula is C16H20ClN3S. The first-order chi connectivity index (χ1) is 10.0. The lowest BCUT2D eigenvalue weighted by atomic mass is 10.0. The Hall–Kier alpha value is -1.26. The lowest BCUT2D eigenvalue weighted by molar-refractivity contribution is 0.821. The molecule has 0 radical (unpaired) electrons. The molecule has 112 valence electrons. The van der Waals surface area contributed by atoms with Crippen LogP contribution >= 0.6 is 23.4 Å². The molecule has 3 nitrogen and oxygen atoms in total. The summed E-state index contributed by atoms with van der Waals surface area (Å²) in [4.78, 5) is 10.4. The van der Waals surface area contributed by atoms with Crippen LogP contribution in [0.25, 0.3) is 0 Å². The van der Waals surface area contributed by atoms with E-state index >= 15 is 0 Å². The normalized spacial score (nSPS) is 11.0. The van der Waals surface area contributed by atoms with Gasteiger partial charge >= 0.3 is 0 Å². The maximum absolute atomic E-state index is 6.00. The van der Waals surface area contributed by atoms with Crippen LogP contribution in [-0.4, -0.2) is 17.0 Å². The van der Waals surface area contributed by atoms with Crippen LogP contribution in [0.3, 0.4) is 0 Å². The first kappa shape index (κ1) is 16.1. The molecule has 0 atom stereocenters. The minimum atomic E-state index is 0.405. The maximum Gasteiger partial charge on any atom is 0.141 e. The van der Waals surface area contributed by atoms with Gasteiger partial charge in [0.1, 0.15) is 11.6 Å². The molecule has 0 aliphatic rings. The fourth-order valence-electron chi connectivity index (χ4n) is 2.29. The Bertz CT molecular complexity index is 629. The van der Waals surface area contributed by atoms with Crippen LogP contribution in [0.2, 0.25) is 5.02 Å². The number of aryl methyl sites for hydroxylation is 1. The van der Waals surface area contributed by atoms with Gasteiger partial charge in [-0.05, 0) is 31.0 Å². The van der Waals surface area contributed by atoms with Gasteiger partial charge in [-0.2, -0.15) is 0 Å². The highest BCUT2D eigenvalue weighted by Crippen LogP contribution is 2.28. The Morgan fingerprint density at radius 1 is 1.29 bits per heavy atom. The standard InChI is InChI=1S/C16H20ClN3S/c1-10(2)15-11(3)19-14(20-16(15)18-4)9-21-13-7-5-6-12(17)8-13/h5-8,10H,9H2,1-4H3,(H,18,19,20). The van der Waals surface area contributed by atoms with Gasteiger partial charge in [-0.1, -0.05) is 31.5 Å². The van der Waals surface area contributed by atoms with E-state index < -0.39 is 0 Å². The van der Waals surface area contributed by atoms with Crippen LogP contribution in [0, 0.1) is 6.92 Å². The molecule has 0 saturated heterocycles. The van der Waals surface area contributed by atoms with Crippen molar-refractivity contribution >= 4 is 29.2 Å². The van der Waals surface area contributed by atoms with Gasteiger partial charge in [-0.15, -0.1) is 11.8 Å². The molecule has 0 amide bonds. The molecule has 1 heterocycles. The smallest absolute Gasteiger partial charge is 0.141 e. The summed E-state index contributed by atoms with van der Waals surface area (Å²) in [5, 5.41) is 3.94. The van der Waals surface area contributed by atoms with E-state index in [0.717, 1.165) is 33.0 Å². The predicted octanol–water partition coefficient (Wildman–Crippen LogP) is 4.90. The van der Waals surface area contributed by atoms with Gasteiger partial charge < -0.3 is 5.32 Å². The highest BCUT2D eigenvalue weighted by Gasteiger charge is 2.13. The molecule has 5 heteroatoms. The van der Waals surface area contributed by atoms with Gasteiger partial charge in [0, 0.05) is 28.2 Å². The summed E-state index contributed by atoms with van der Waals surface area (Å²) in [5.74, 6) is 2.90. The van der Waals surface area contributed by atoms with Crippen molar-refractivity contribution in [2.45, 2.75) is 37.3 Å². The third-order valence-electron chi connectivity index (χ3n) is 3.16. The largest absolute Gasteiger partial charge is 0.373 e. The van der Waals surface area contributed by atoms with Crippen LogP contribution in [0.4, 0.5) is 5.82 Å². The summed E-state index contributed by atoms with van der Waals surface area (Å²) >= 11 is 7.69. The number of hydrogen-bond donors (Lipinski definition) is 1. The lowest BCUT2D eigenvalue weighted by Gasteiger charge is -2.15. The van der Waals surface area contributed by atoms with Crippen LogP contribution in [0.5, 0.6) is 0 Å². The molecular weight excluding hydrogens is 302 g/mol. The van der Waals surface area contributed by atoms with Gasteiger partial charge in [0.25, 0.3) is 0 Å². The van der Waals surface area contributed by atoms with Gasteiger partial charge in [-0.25, -0.2) is 9.97 Å². The Kier molecular flexibility index (Phi) is 5.48. The van der Waals surface area contributed by atoms with E-state index in [-0.39, 0.29) is 0 Å². The average molecular weight is 322 g/mol. The quantitative estimate of drug-likeness (QED) is 0.795. The number of aromatic nitrogens is 2. The number of nitrogens with one attached hydrogen (secondary N) is 1. The molecule has 0 spiro atoms. The number of rotatable bonds is 5. The molecule has 0 saturated carbocycles. The summed E-state index contributed by atoms with van der Waals surface area (Å²) in [6.45, 7) is 6.37. The van der Waals surface area contributed by atoms with Crippen molar-refractivity contribution in [3.05, 3.63) is 46.4 Å². The molecule has 21 heavy (non-hydrogen) atoms. The second kappa shape index (κ2) is 7.14. The summed E-state index contributed by atoms with van der Waals surface area (Å²) < 4.78 is 0. The van der Waals surface area contributed by atoms with E-state index in [1.807, 2.05) is 38.2 Å². The van der Waals surface area contributed by atoms with E-state index in [4.69, 9.17) is 11.6 Å². The zero-order valence-corrected chi connectivity index (χ0v) is 14.3. The SMILES string of the molecule is CNc1nc(CSc2cccc(Cl)c2)nc(C)c1C(C)C. The number of hydrogen-bond acceptors (Lipinski definition) is 4. The van der Waals surface area contributed by atoms with E-state index in [1.165, 1.54) is 5.56 Å². The first-order valence-electron chi connectivity index (χ1n) is 6.94. The molecule has 0 fully saturated rings. The second-order valence-electron chi connectivity index (χ2n) is 5.14. The monoisotopic (exact) mass is 321 g/mol. The zero-order chi connectivity index (χ0) is 15.4. The van der Waals surface area contributed by atoms with Crippen molar-refractivity contribution in [2.24, 2.45) is 0 Å². The van der Waals surface area contributed by atoms with Crippen molar-refractivity contribution in [1.82, 2.24) is 9.97 Å². The highest BCUT2D eigenvalue weighted by atomic mass is 35.5. The Morgan fingerprint density at radius 2 is 2.05 bits per heavy atom. The third kappa shape index (κ3) is 4.11. The van der Waals surface area contributed by atoms with E-state index in [0.29, 0.717) is 5.92 Å². The van der Waals surface area contributed by atoms with Crippen LogP contribution in [0.1, 0.15) is 36.8 Å². The molecule has 0 bridgehead atoms. The van der Waals surface area contributed by atoms with Crippen LogP contribution < -0.4 is 5.32 Å². The first-order valence-corrected chi connectivity index (χ1v) is 8.31. The number of nitrogens with zero attached hydrogens (tertiary/aromatic N) is 2. The molecule has 2 rings (SSSR count). The fourth-order valence-corrected chi connectivity index (χ4v) is 3.36. The van der Waals surface area contributed by atoms with Crippen molar-refractivity contribution in [2.75, 3.05) is 12.4 Å². The number of benzene rings is 1. The van der Waals surface area contributed by atoms with E-state index in [2.05, 4.69) is 29.1 Å². The number of halogens is 1. The molecule has 0 aliphatic carbocycles. The Labute approximate surface area is 135 Å². The van der Waals surface area contributed by atoms with E-state index in [9.17, 15) is 0 Å². The minimum absolute atomic E-state index is 0.405. The van der Waals surface area contributed by atoms with E-state index in [1.54, 1.807) is 11.8 Å². The molecule has 0 unspecified atom stereocenters. The molecule has 2 aromatic rings. The summed E-state index contributed by atoms with van der Waals surface area (Å²) in [6, 6.07) is 7.84. The Morgan fingerprint density at radius 3 is 2.67 bits per heavy atom.